The lowest BCUT2D eigenvalue weighted by molar-refractivity contribution is 1.12. The normalized spacial score (nSPS) is 10.3. The zero-order valence-corrected chi connectivity index (χ0v) is 19.3. The van der Waals surface area contributed by atoms with E-state index in [9.17, 15) is 0 Å². The number of hydrogen-bond donors (Lipinski definition) is 2. The van der Waals surface area contributed by atoms with Crippen LogP contribution in [0.2, 0.25) is 0 Å². The Hall–Kier alpha value is -4.58. The zero-order valence-electron chi connectivity index (χ0n) is 19.3. The minimum atomic E-state index is -0.118. The van der Waals surface area contributed by atoms with Crippen LogP contribution in [-0.4, -0.2) is 11.9 Å². The summed E-state index contributed by atoms with van der Waals surface area (Å²) >= 11 is 0. The number of benzene rings is 4. The predicted molar refractivity (Wildman–Crippen MR) is 143 cm³/mol. The third-order valence-corrected chi connectivity index (χ3v) is 5.40. The molecule has 0 unspecified atom stereocenters. The molecule has 34 heavy (non-hydrogen) atoms. The second-order valence-electron chi connectivity index (χ2n) is 7.84. The van der Waals surface area contributed by atoms with Crippen LogP contribution >= 0.6 is 0 Å². The highest BCUT2D eigenvalue weighted by Gasteiger charge is 2.27. The molecular formula is C28H28N6. The first kappa shape index (κ1) is 22.6. The molecule has 0 aromatic heterocycles. The maximum absolute atomic E-state index is 5.74. The lowest BCUT2D eigenvalue weighted by Crippen LogP contribution is -2.40. The van der Waals surface area contributed by atoms with Crippen LogP contribution in [0.5, 0.6) is 0 Å². The molecule has 0 spiro atoms. The van der Waals surface area contributed by atoms with Crippen LogP contribution in [0.25, 0.3) is 0 Å². The van der Waals surface area contributed by atoms with Crippen molar-refractivity contribution in [2.24, 2.45) is 21.7 Å². The Bertz CT molecular complexity index is 1200. The lowest BCUT2D eigenvalue weighted by Gasteiger charge is -2.35. The van der Waals surface area contributed by atoms with Gasteiger partial charge in [0.05, 0.1) is 11.4 Å². The zero-order chi connectivity index (χ0) is 23.9. The van der Waals surface area contributed by atoms with Gasteiger partial charge < -0.3 is 11.5 Å². The van der Waals surface area contributed by atoms with Gasteiger partial charge in [-0.05, 0) is 61.4 Å². The standard InChI is InChI=1S/C28H28N6/c1-21-13-9-11-19-25(21)33(23-15-5-3-6-16-23)28(32-31-27(29)30)34(24-17-7-4-8-18-24)26-20-12-10-14-22(26)2/h3-20H,1-2H3,(H4,29,30,31). The molecule has 4 N–H and O–H groups in total. The summed E-state index contributed by atoms with van der Waals surface area (Å²) in [4.78, 5) is 4.14. The number of aryl methyl sites for hydroxylation is 2. The van der Waals surface area contributed by atoms with E-state index in [1.54, 1.807) is 0 Å². The second-order valence-corrected chi connectivity index (χ2v) is 7.84. The van der Waals surface area contributed by atoms with Gasteiger partial charge in [0, 0.05) is 11.4 Å². The molecule has 0 saturated carbocycles. The van der Waals surface area contributed by atoms with E-state index in [2.05, 4.69) is 58.1 Å². The van der Waals surface area contributed by atoms with Crippen molar-refractivity contribution in [1.82, 2.24) is 0 Å². The minimum absolute atomic E-state index is 0.118. The molecule has 0 amide bonds. The van der Waals surface area contributed by atoms with Crippen molar-refractivity contribution >= 4 is 34.7 Å². The van der Waals surface area contributed by atoms with Crippen LogP contribution in [0.1, 0.15) is 11.1 Å². The molecule has 170 valence electrons. The molecule has 0 fully saturated rings. The number of nitrogens with zero attached hydrogens (tertiary/aromatic N) is 4. The fourth-order valence-corrected chi connectivity index (χ4v) is 3.80. The minimum Gasteiger partial charge on any atom is -0.369 e. The maximum atomic E-state index is 5.74. The molecule has 0 saturated heterocycles. The number of para-hydroxylation sites is 4. The number of hydrogen-bond acceptors (Lipinski definition) is 2. The van der Waals surface area contributed by atoms with Gasteiger partial charge in [-0.15, -0.1) is 10.2 Å². The van der Waals surface area contributed by atoms with E-state index in [1.807, 2.05) is 84.9 Å². The molecule has 4 aromatic carbocycles. The topological polar surface area (TPSA) is 83.2 Å². The number of anilines is 4. The first-order chi connectivity index (χ1) is 16.6. The third kappa shape index (κ3) is 4.91. The number of guanidine groups is 2. The quantitative estimate of drug-likeness (QED) is 0.229. The van der Waals surface area contributed by atoms with Crippen molar-refractivity contribution in [3.63, 3.8) is 0 Å². The largest absolute Gasteiger partial charge is 0.369 e. The molecular weight excluding hydrogens is 420 g/mol. The summed E-state index contributed by atoms with van der Waals surface area (Å²) in [7, 11) is 0. The molecule has 6 nitrogen and oxygen atoms in total. The van der Waals surface area contributed by atoms with E-state index in [1.165, 1.54) is 0 Å². The first-order valence-corrected chi connectivity index (χ1v) is 11.0. The fraction of sp³-hybridized carbons (Fsp3) is 0.0714. The molecule has 6 heteroatoms. The summed E-state index contributed by atoms with van der Waals surface area (Å²) < 4.78 is 0. The predicted octanol–water partition coefficient (Wildman–Crippen LogP) is 5.82. The average Bonchev–Trinajstić information content (AvgIpc) is 2.86. The molecule has 0 aliphatic heterocycles. The highest BCUT2D eigenvalue weighted by atomic mass is 15.5. The van der Waals surface area contributed by atoms with Gasteiger partial charge in [-0.2, -0.15) is 0 Å². The van der Waals surface area contributed by atoms with Crippen molar-refractivity contribution in [1.29, 1.82) is 0 Å². The van der Waals surface area contributed by atoms with Crippen molar-refractivity contribution in [2.45, 2.75) is 13.8 Å². The van der Waals surface area contributed by atoms with Crippen LogP contribution in [-0.2, 0) is 0 Å². The van der Waals surface area contributed by atoms with Gasteiger partial charge in [-0.1, -0.05) is 72.8 Å². The van der Waals surface area contributed by atoms with E-state index in [0.29, 0.717) is 5.96 Å². The van der Waals surface area contributed by atoms with Gasteiger partial charge in [-0.3, -0.25) is 9.80 Å². The van der Waals surface area contributed by atoms with Gasteiger partial charge >= 0.3 is 0 Å². The van der Waals surface area contributed by atoms with E-state index in [4.69, 9.17) is 11.5 Å². The lowest BCUT2D eigenvalue weighted by atomic mass is 10.1. The molecule has 0 aliphatic rings. The van der Waals surface area contributed by atoms with Gasteiger partial charge in [0.1, 0.15) is 0 Å². The summed E-state index contributed by atoms with van der Waals surface area (Å²) in [6.07, 6.45) is 0. The number of rotatable bonds is 5. The average molecular weight is 449 g/mol. The van der Waals surface area contributed by atoms with E-state index in [-0.39, 0.29) is 5.96 Å². The van der Waals surface area contributed by atoms with Gasteiger partial charge in [0.2, 0.25) is 11.9 Å². The molecule has 4 aromatic rings. The van der Waals surface area contributed by atoms with Crippen molar-refractivity contribution < 1.29 is 0 Å². The third-order valence-electron chi connectivity index (χ3n) is 5.40. The molecule has 4 rings (SSSR count). The van der Waals surface area contributed by atoms with Crippen LogP contribution in [0, 0.1) is 13.8 Å². The second kappa shape index (κ2) is 10.4. The summed E-state index contributed by atoms with van der Waals surface area (Å²) in [6.45, 7) is 4.15. The Labute approximate surface area is 200 Å². The summed E-state index contributed by atoms with van der Waals surface area (Å²) in [5.41, 5.74) is 17.4. The monoisotopic (exact) mass is 448 g/mol. The van der Waals surface area contributed by atoms with Crippen LogP contribution in [0.3, 0.4) is 0 Å². The summed E-state index contributed by atoms with van der Waals surface area (Å²) in [5.74, 6) is 0.419. The van der Waals surface area contributed by atoms with Crippen LogP contribution in [0.4, 0.5) is 22.7 Å². The van der Waals surface area contributed by atoms with Crippen LogP contribution < -0.4 is 21.3 Å². The maximum Gasteiger partial charge on any atom is 0.240 e. The fourth-order valence-electron chi connectivity index (χ4n) is 3.80. The Balaban J connectivity index is 2.05. The first-order valence-electron chi connectivity index (χ1n) is 11.0. The SMILES string of the molecule is Cc1ccccc1N(C(=NN=C(N)N)N(c1ccccc1)c1ccccc1C)c1ccccc1. The Kier molecular flexibility index (Phi) is 6.89. The van der Waals surface area contributed by atoms with Crippen molar-refractivity contribution in [3.05, 3.63) is 120 Å². The smallest absolute Gasteiger partial charge is 0.240 e. The van der Waals surface area contributed by atoms with E-state index in [0.717, 1.165) is 33.9 Å². The van der Waals surface area contributed by atoms with E-state index < -0.39 is 0 Å². The Morgan fingerprint density at radius 2 is 0.912 bits per heavy atom. The Morgan fingerprint density at radius 3 is 1.29 bits per heavy atom. The van der Waals surface area contributed by atoms with E-state index >= 15 is 0 Å². The number of nitrogens with two attached hydrogens (primary N) is 2. The van der Waals surface area contributed by atoms with Crippen molar-refractivity contribution in [3.8, 4) is 0 Å². The van der Waals surface area contributed by atoms with Gasteiger partial charge in [0.15, 0.2) is 0 Å². The van der Waals surface area contributed by atoms with Gasteiger partial charge in [-0.25, -0.2) is 0 Å². The van der Waals surface area contributed by atoms with Crippen LogP contribution in [0.15, 0.2) is 119 Å². The highest BCUT2D eigenvalue weighted by molar-refractivity contribution is 6.16. The molecule has 0 heterocycles. The highest BCUT2D eigenvalue weighted by Crippen LogP contribution is 2.35. The Morgan fingerprint density at radius 1 is 0.529 bits per heavy atom. The molecule has 0 radical (unpaired) electrons. The molecule has 0 bridgehead atoms. The summed E-state index contributed by atoms with van der Waals surface area (Å²) in [5, 5.41) is 8.72. The molecule has 0 aliphatic carbocycles. The summed E-state index contributed by atoms with van der Waals surface area (Å²) in [6, 6.07) is 36.5. The van der Waals surface area contributed by atoms with Gasteiger partial charge in [0.25, 0.3) is 0 Å². The van der Waals surface area contributed by atoms with Crippen molar-refractivity contribution in [2.75, 3.05) is 9.80 Å². The molecule has 0 atom stereocenters.